The normalized spacial score (nSPS) is 12.9. The first kappa shape index (κ1) is 25.7. The van der Waals surface area contributed by atoms with Crippen LogP contribution in [0.1, 0.15) is 6.92 Å². The van der Waals surface area contributed by atoms with Crippen LogP contribution in [0.5, 0.6) is 0 Å². The first-order valence-electron chi connectivity index (χ1n) is 10.1. The third-order valence-corrected chi connectivity index (χ3v) is 7.20. The maximum absolute atomic E-state index is 13.4. The second-order valence-electron chi connectivity index (χ2n) is 7.63. The third kappa shape index (κ3) is 4.69. The fourth-order valence-corrected chi connectivity index (χ4v) is 4.53. The molecule has 0 bridgehead atoms. The molecule has 0 atom stereocenters. The van der Waals surface area contributed by atoms with Crippen LogP contribution in [0, 0.1) is 0 Å². The Labute approximate surface area is 204 Å². The molecule has 0 radical (unpaired) electrons. The molecule has 0 aromatic carbocycles. The van der Waals surface area contributed by atoms with E-state index < -0.39 is 34.0 Å². The van der Waals surface area contributed by atoms with Gasteiger partial charge in [-0.3, -0.25) is 14.8 Å². The van der Waals surface area contributed by atoms with Gasteiger partial charge in [0.1, 0.15) is 5.69 Å². The van der Waals surface area contributed by atoms with Gasteiger partial charge >= 0.3 is 12.1 Å². The Hall–Kier alpha value is -3.39. The topological polar surface area (TPSA) is 99.7 Å². The molecule has 0 N–H and O–H groups in total. The maximum Gasteiger partial charge on any atom is 0.455 e. The van der Waals surface area contributed by atoms with E-state index in [-0.39, 0.29) is 42.5 Å². The molecule has 0 unspecified atom stereocenters. The molecule has 190 valence electrons. The van der Waals surface area contributed by atoms with Crippen LogP contribution in [0.3, 0.4) is 0 Å². The molecule has 0 fully saturated rings. The molecule has 36 heavy (non-hydrogen) atoms. The van der Waals surface area contributed by atoms with Crippen LogP contribution in [0.15, 0.2) is 58.7 Å². The van der Waals surface area contributed by atoms with E-state index in [1.54, 1.807) is 0 Å². The van der Waals surface area contributed by atoms with E-state index in [2.05, 4.69) is 15.1 Å². The summed E-state index contributed by atoms with van der Waals surface area (Å²) in [6, 6.07) is 5.27. The lowest BCUT2D eigenvalue weighted by atomic mass is 10.1. The van der Waals surface area contributed by atoms with Gasteiger partial charge in [0.25, 0.3) is 5.56 Å². The largest absolute Gasteiger partial charge is 0.455 e. The number of hydrogen-bond acceptors (Lipinski definition) is 6. The van der Waals surface area contributed by atoms with Crippen molar-refractivity contribution < 1.29 is 30.4 Å². The highest BCUT2D eigenvalue weighted by Gasteiger charge is 2.57. The van der Waals surface area contributed by atoms with Crippen molar-refractivity contribution in [1.82, 2.24) is 24.3 Å². The van der Waals surface area contributed by atoms with Gasteiger partial charge in [-0.1, -0.05) is 18.5 Å². The number of aromatic nitrogens is 5. The van der Waals surface area contributed by atoms with E-state index in [0.717, 1.165) is 18.5 Å². The van der Waals surface area contributed by atoms with Gasteiger partial charge in [-0.2, -0.15) is 27.1 Å². The Morgan fingerprint density at radius 2 is 1.75 bits per heavy atom. The summed E-state index contributed by atoms with van der Waals surface area (Å²) in [5, 5.41) is 4.08. The average molecular weight is 548 g/mol. The van der Waals surface area contributed by atoms with Crippen molar-refractivity contribution in [2.24, 2.45) is 0 Å². The van der Waals surface area contributed by atoms with E-state index in [0.29, 0.717) is 5.69 Å². The molecular formula is C21H15ClF5N5O3S. The van der Waals surface area contributed by atoms with Gasteiger partial charge < -0.3 is 4.57 Å². The number of rotatable bonds is 6. The number of hydrogen-bond donors (Lipinski definition) is 0. The van der Waals surface area contributed by atoms with Gasteiger partial charge in [-0.15, -0.1) is 0 Å². The molecule has 0 saturated carbocycles. The van der Waals surface area contributed by atoms with Crippen LogP contribution >= 0.6 is 11.6 Å². The zero-order chi connectivity index (χ0) is 26.5. The minimum absolute atomic E-state index is 0.0392. The monoisotopic (exact) mass is 547 g/mol. The van der Waals surface area contributed by atoms with Crippen molar-refractivity contribution in [3.05, 3.63) is 64.6 Å². The second kappa shape index (κ2) is 8.92. The summed E-state index contributed by atoms with van der Waals surface area (Å²) >= 11 is 5.83. The first-order chi connectivity index (χ1) is 16.7. The van der Waals surface area contributed by atoms with Gasteiger partial charge in [0, 0.05) is 18.6 Å². The smallest absolute Gasteiger partial charge is 0.308 e. The summed E-state index contributed by atoms with van der Waals surface area (Å²) in [6.07, 6.45) is -1.22. The Morgan fingerprint density at radius 3 is 2.36 bits per heavy atom. The standard InChI is InChI=1S/C21H15ClF5N5O3S/c1-2-36(34,35)16-8-13(32-6-4-17(22)30-32)9-29-18(16)15-7-12-3-5-31(19(33)14(12)10-28-15)11-20(23,24)21(25,26)27/h3-10H,2,11H2,1H3. The van der Waals surface area contributed by atoms with Crippen molar-refractivity contribution in [2.75, 3.05) is 5.75 Å². The Morgan fingerprint density at radius 1 is 1.03 bits per heavy atom. The lowest BCUT2D eigenvalue weighted by Gasteiger charge is -2.20. The van der Waals surface area contributed by atoms with E-state index >= 15 is 0 Å². The molecule has 4 aromatic rings. The quantitative estimate of drug-likeness (QED) is 0.334. The van der Waals surface area contributed by atoms with Crippen molar-refractivity contribution in [3.63, 3.8) is 0 Å². The number of nitrogens with zero attached hydrogens (tertiary/aromatic N) is 5. The predicted octanol–water partition coefficient (Wildman–Crippen LogP) is 4.29. The molecule has 0 amide bonds. The van der Waals surface area contributed by atoms with Crippen molar-refractivity contribution in [1.29, 1.82) is 0 Å². The highest BCUT2D eigenvalue weighted by Crippen LogP contribution is 2.36. The SMILES string of the molecule is CCS(=O)(=O)c1cc(-n2ccc(Cl)n2)cnc1-c1cc2ccn(CC(F)(F)C(F)(F)F)c(=O)c2cn1. The summed E-state index contributed by atoms with van der Waals surface area (Å²) in [5.41, 5.74) is -0.825. The fraction of sp³-hybridized carbons (Fsp3) is 0.238. The highest BCUT2D eigenvalue weighted by atomic mass is 35.5. The van der Waals surface area contributed by atoms with E-state index in [4.69, 9.17) is 11.6 Å². The average Bonchev–Trinajstić information content (AvgIpc) is 3.25. The summed E-state index contributed by atoms with van der Waals surface area (Å²) in [5.74, 6) is -5.39. The highest BCUT2D eigenvalue weighted by molar-refractivity contribution is 7.91. The minimum atomic E-state index is -5.83. The van der Waals surface area contributed by atoms with E-state index in [1.165, 1.54) is 42.2 Å². The van der Waals surface area contributed by atoms with Crippen LogP contribution in [-0.4, -0.2) is 50.6 Å². The van der Waals surface area contributed by atoms with Gasteiger partial charge in [0.15, 0.2) is 15.0 Å². The molecule has 8 nitrogen and oxygen atoms in total. The summed E-state index contributed by atoms with van der Waals surface area (Å²) in [4.78, 5) is 20.6. The molecule has 0 aliphatic rings. The maximum atomic E-state index is 13.4. The Kier molecular flexibility index (Phi) is 6.37. The third-order valence-electron chi connectivity index (χ3n) is 5.26. The van der Waals surface area contributed by atoms with Crippen LogP contribution < -0.4 is 5.56 Å². The Balaban J connectivity index is 1.82. The molecular weight excluding hydrogens is 533 g/mol. The van der Waals surface area contributed by atoms with Crippen LogP contribution in [0.4, 0.5) is 22.0 Å². The molecule has 4 rings (SSSR count). The van der Waals surface area contributed by atoms with E-state index in [9.17, 15) is 35.2 Å². The minimum Gasteiger partial charge on any atom is -0.308 e. The van der Waals surface area contributed by atoms with E-state index in [1.807, 2.05) is 0 Å². The zero-order valence-corrected chi connectivity index (χ0v) is 19.7. The van der Waals surface area contributed by atoms with Crippen molar-refractivity contribution in [3.8, 4) is 17.1 Å². The lowest BCUT2D eigenvalue weighted by molar-refractivity contribution is -0.287. The van der Waals surface area contributed by atoms with Crippen LogP contribution in [0.25, 0.3) is 27.8 Å². The van der Waals surface area contributed by atoms with Crippen LogP contribution in [-0.2, 0) is 16.4 Å². The predicted molar refractivity (Wildman–Crippen MR) is 120 cm³/mol. The second-order valence-corrected chi connectivity index (χ2v) is 10.3. The number of fused-ring (bicyclic) bond motifs is 1. The molecule has 0 aliphatic carbocycles. The molecule has 0 spiro atoms. The van der Waals surface area contributed by atoms with Crippen molar-refractivity contribution >= 4 is 32.2 Å². The molecule has 15 heteroatoms. The number of sulfone groups is 1. The summed E-state index contributed by atoms with van der Waals surface area (Å²) < 4.78 is 91.8. The lowest BCUT2D eigenvalue weighted by Crippen LogP contribution is -2.42. The zero-order valence-electron chi connectivity index (χ0n) is 18.2. The fourth-order valence-electron chi connectivity index (χ4n) is 3.33. The van der Waals surface area contributed by atoms with Crippen LogP contribution in [0.2, 0.25) is 5.15 Å². The van der Waals surface area contributed by atoms with Gasteiger partial charge in [-0.05, 0) is 29.7 Å². The number of pyridine rings is 3. The summed E-state index contributed by atoms with van der Waals surface area (Å²) in [7, 11) is -3.84. The Bertz CT molecular complexity index is 1630. The molecule has 4 aromatic heterocycles. The van der Waals surface area contributed by atoms with Gasteiger partial charge in [0.05, 0.1) is 40.2 Å². The van der Waals surface area contributed by atoms with Gasteiger partial charge in [-0.25, -0.2) is 13.1 Å². The number of halogens is 6. The molecule has 0 saturated heterocycles. The van der Waals surface area contributed by atoms with Gasteiger partial charge in [0.2, 0.25) is 0 Å². The van der Waals surface area contributed by atoms with Crippen molar-refractivity contribution in [2.45, 2.75) is 30.5 Å². The summed E-state index contributed by atoms with van der Waals surface area (Å²) in [6.45, 7) is -0.462. The first-order valence-corrected chi connectivity index (χ1v) is 12.1. The molecule has 4 heterocycles. The number of alkyl halides is 5. The molecule has 0 aliphatic heterocycles.